The number of benzene rings is 4. The number of rotatable bonds is 11. The number of para-hydroxylation sites is 1. The van der Waals surface area contributed by atoms with Crippen LogP contribution in [0.25, 0.3) is 6.08 Å². The second-order valence-corrected chi connectivity index (χ2v) is 10.5. The number of aliphatic imine (C=N–C) groups is 1. The number of thioether (sulfide) groups is 1. The molecule has 218 valence electrons. The van der Waals surface area contributed by atoms with Gasteiger partial charge in [-0.25, -0.2) is 9.79 Å². The fourth-order valence-electron chi connectivity index (χ4n) is 4.32. The van der Waals surface area contributed by atoms with Gasteiger partial charge in [0.25, 0.3) is 5.91 Å². The molecule has 1 saturated heterocycles. The van der Waals surface area contributed by atoms with Crippen molar-refractivity contribution in [2.45, 2.75) is 20.1 Å². The summed E-state index contributed by atoms with van der Waals surface area (Å²) >= 11 is 1.33. The van der Waals surface area contributed by atoms with E-state index in [4.69, 9.17) is 24.3 Å². The van der Waals surface area contributed by atoms with Crippen LogP contribution in [-0.4, -0.2) is 40.8 Å². The van der Waals surface area contributed by atoms with Crippen LogP contribution >= 0.6 is 11.8 Å². The van der Waals surface area contributed by atoms with Crippen molar-refractivity contribution in [3.63, 3.8) is 0 Å². The molecule has 1 aliphatic rings. The zero-order chi connectivity index (χ0) is 30.2. The van der Waals surface area contributed by atoms with Crippen LogP contribution in [0.1, 0.15) is 34.0 Å². The third kappa shape index (κ3) is 7.44. The summed E-state index contributed by atoms with van der Waals surface area (Å²) in [5.74, 6) is 0.723. The van der Waals surface area contributed by atoms with E-state index >= 15 is 0 Å². The Hall–Kier alpha value is -5.02. The molecule has 1 aliphatic heterocycles. The largest absolute Gasteiger partial charge is 0.497 e. The minimum Gasteiger partial charge on any atom is -0.497 e. The molecule has 1 heterocycles. The summed E-state index contributed by atoms with van der Waals surface area (Å²) in [7, 11) is 1.62. The zero-order valence-electron chi connectivity index (χ0n) is 23.7. The van der Waals surface area contributed by atoms with Crippen LogP contribution in [0.5, 0.6) is 17.2 Å². The lowest BCUT2D eigenvalue weighted by molar-refractivity contribution is -0.122. The maximum Gasteiger partial charge on any atom is 0.335 e. The average Bonchev–Trinajstić information content (AvgIpc) is 3.30. The monoisotopic (exact) mass is 594 g/mol. The summed E-state index contributed by atoms with van der Waals surface area (Å²) in [6.07, 6.45) is 1.83. The summed E-state index contributed by atoms with van der Waals surface area (Å²) in [4.78, 5) is 31.8. The summed E-state index contributed by atoms with van der Waals surface area (Å²) in [6, 6.07) is 29.2. The van der Waals surface area contributed by atoms with E-state index in [1.54, 1.807) is 42.3 Å². The van der Waals surface area contributed by atoms with E-state index in [0.29, 0.717) is 34.7 Å². The Bertz CT molecular complexity index is 1650. The van der Waals surface area contributed by atoms with Crippen molar-refractivity contribution in [2.75, 3.05) is 13.7 Å². The molecule has 4 aromatic carbocycles. The van der Waals surface area contributed by atoms with Crippen molar-refractivity contribution in [3.05, 3.63) is 124 Å². The molecule has 0 saturated carbocycles. The van der Waals surface area contributed by atoms with Crippen LogP contribution in [0.3, 0.4) is 0 Å². The molecule has 43 heavy (non-hydrogen) atoms. The highest BCUT2D eigenvalue weighted by atomic mass is 32.2. The molecule has 0 aromatic heterocycles. The Balaban J connectivity index is 1.39. The summed E-state index contributed by atoms with van der Waals surface area (Å²) < 4.78 is 17.1. The number of hydrogen-bond acceptors (Lipinski definition) is 7. The molecule has 1 amide bonds. The van der Waals surface area contributed by atoms with Gasteiger partial charge < -0.3 is 19.3 Å². The maximum absolute atomic E-state index is 13.7. The van der Waals surface area contributed by atoms with Gasteiger partial charge in [0.2, 0.25) is 0 Å². The number of carboxylic acid groups (broad SMARTS) is 1. The van der Waals surface area contributed by atoms with Crippen LogP contribution in [0.4, 0.5) is 5.69 Å². The molecule has 4 aromatic rings. The Morgan fingerprint density at radius 2 is 1.63 bits per heavy atom. The van der Waals surface area contributed by atoms with Gasteiger partial charge in [-0.15, -0.1) is 0 Å². The Labute approximate surface area is 254 Å². The fourth-order valence-corrected chi connectivity index (χ4v) is 5.31. The van der Waals surface area contributed by atoms with Crippen LogP contribution in [0, 0.1) is 0 Å². The highest BCUT2D eigenvalue weighted by Crippen LogP contribution is 2.37. The van der Waals surface area contributed by atoms with Crippen molar-refractivity contribution in [1.29, 1.82) is 0 Å². The summed E-state index contributed by atoms with van der Waals surface area (Å²) in [5.41, 5.74) is 3.54. The third-order valence-corrected chi connectivity index (χ3v) is 7.54. The van der Waals surface area contributed by atoms with Gasteiger partial charge in [-0.05, 0) is 90.0 Å². The van der Waals surface area contributed by atoms with Crippen LogP contribution < -0.4 is 14.2 Å². The molecule has 9 heteroatoms. The minimum absolute atomic E-state index is 0.140. The lowest BCUT2D eigenvalue weighted by Crippen LogP contribution is -2.28. The Kier molecular flexibility index (Phi) is 9.43. The predicted molar refractivity (Wildman–Crippen MR) is 168 cm³/mol. The van der Waals surface area contributed by atoms with E-state index in [2.05, 4.69) is 0 Å². The van der Waals surface area contributed by atoms with Gasteiger partial charge in [0.15, 0.2) is 16.7 Å². The molecular weight excluding hydrogens is 564 g/mol. The molecule has 8 nitrogen and oxygen atoms in total. The van der Waals surface area contributed by atoms with Gasteiger partial charge in [0, 0.05) is 0 Å². The van der Waals surface area contributed by atoms with E-state index in [-0.39, 0.29) is 18.1 Å². The Morgan fingerprint density at radius 1 is 0.907 bits per heavy atom. The second-order valence-electron chi connectivity index (χ2n) is 9.51. The highest BCUT2D eigenvalue weighted by Gasteiger charge is 2.33. The quantitative estimate of drug-likeness (QED) is 0.184. The molecular formula is C34H30N2O6S. The van der Waals surface area contributed by atoms with Crippen LogP contribution in [0.2, 0.25) is 0 Å². The summed E-state index contributed by atoms with van der Waals surface area (Å²) in [5, 5.41) is 9.71. The molecule has 1 N–H and O–H groups in total. The topological polar surface area (TPSA) is 97.7 Å². The Morgan fingerprint density at radius 3 is 2.30 bits per heavy atom. The van der Waals surface area contributed by atoms with Crippen molar-refractivity contribution >= 4 is 40.6 Å². The maximum atomic E-state index is 13.7. The number of methoxy groups -OCH3 is 1. The SMILES string of the molecule is CCOc1cc(/C=C2\SC(=Nc3ccccc3)N(Cc3ccc(OC)cc3)C2=O)ccc1OCc1ccc(C(=O)O)cc1. The first-order chi connectivity index (χ1) is 20.9. The van der Waals surface area contributed by atoms with E-state index in [0.717, 1.165) is 28.1 Å². The lowest BCUT2D eigenvalue weighted by Gasteiger charge is -2.16. The molecule has 0 radical (unpaired) electrons. The van der Waals surface area contributed by atoms with Gasteiger partial charge in [-0.1, -0.05) is 48.5 Å². The molecule has 0 atom stereocenters. The van der Waals surface area contributed by atoms with Crippen molar-refractivity contribution in [1.82, 2.24) is 4.90 Å². The number of aromatic carboxylic acids is 1. The first-order valence-electron chi connectivity index (χ1n) is 13.6. The third-order valence-electron chi connectivity index (χ3n) is 6.53. The number of nitrogens with zero attached hydrogens (tertiary/aromatic N) is 2. The first-order valence-corrected chi connectivity index (χ1v) is 14.4. The molecule has 0 unspecified atom stereocenters. The van der Waals surface area contributed by atoms with Gasteiger partial charge in [-0.3, -0.25) is 9.69 Å². The molecule has 0 aliphatic carbocycles. The van der Waals surface area contributed by atoms with Crippen LogP contribution in [0.15, 0.2) is 107 Å². The van der Waals surface area contributed by atoms with E-state index in [1.165, 1.54) is 11.8 Å². The fraction of sp³-hybridized carbons (Fsp3) is 0.147. The molecule has 1 fully saturated rings. The standard InChI is InChI=1S/C34H30N2O6S/c1-3-41-30-19-25(13-18-29(30)42-22-24-9-14-26(15-10-24)33(38)39)20-31-32(37)36(21-23-11-16-28(40-2)17-12-23)34(43-31)35-27-7-5-4-6-8-27/h4-20H,3,21-22H2,1-2H3,(H,38,39)/b31-20-,35-34?. The number of carboxylic acids is 1. The highest BCUT2D eigenvalue weighted by molar-refractivity contribution is 8.18. The number of hydrogen-bond donors (Lipinski definition) is 1. The second kappa shape index (κ2) is 13.8. The van der Waals surface area contributed by atoms with Gasteiger partial charge >= 0.3 is 5.97 Å². The summed E-state index contributed by atoms with van der Waals surface area (Å²) in [6.45, 7) is 2.93. The normalized spacial score (nSPS) is 14.7. The van der Waals surface area contributed by atoms with E-state index in [9.17, 15) is 9.59 Å². The number of ether oxygens (including phenoxy) is 3. The van der Waals surface area contributed by atoms with Gasteiger partial charge in [0.05, 0.1) is 36.4 Å². The van der Waals surface area contributed by atoms with Crippen molar-refractivity contribution in [3.8, 4) is 17.2 Å². The van der Waals surface area contributed by atoms with Gasteiger partial charge in [0.1, 0.15) is 12.4 Å². The number of amides is 1. The molecule has 0 spiro atoms. The average molecular weight is 595 g/mol. The number of amidine groups is 1. The zero-order valence-corrected chi connectivity index (χ0v) is 24.5. The van der Waals surface area contributed by atoms with Gasteiger partial charge in [-0.2, -0.15) is 0 Å². The predicted octanol–water partition coefficient (Wildman–Crippen LogP) is 7.18. The number of carbonyl (C=O) groups excluding carboxylic acids is 1. The first kappa shape index (κ1) is 29.5. The minimum atomic E-state index is -0.975. The van der Waals surface area contributed by atoms with E-state index < -0.39 is 5.97 Å². The number of carbonyl (C=O) groups is 2. The molecule has 0 bridgehead atoms. The smallest absolute Gasteiger partial charge is 0.335 e. The lowest BCUT2D eigenvalue weighted by atomic mass is 10.1. The molecule has 5 rings (SSSR count). The van der Waals surface area contributed by atoms with E-state index in [1.807, 2.05) is 79.7 Å². The van der Waals surface area contributed by atoms with Crippen LogP contribution in [-0.2, 0) is 17.9 Å². The van der Waals surface area contributed by atoms with Crippen molar-refractivity contribution in [2.24, 2.45) is 4.99 Å². The van der Waals surface area contributed by atoms with Crippen molar-refractivity contribution < 1.29 is 28.9 Å².